The van der Waals surface area contributed by atoms with Crippen LogP contribution < -0.4 is 26.6 Å². The number of benzene rings is 4. The van der Waals surface area contributed by atoms with Gasteiger partial charge in [0.2, 0.25) is 70.9 Å². The number of halogens is 6. The quantitative estimate of drug-likeness (QED) is 0.00776. The Morgan fingerprint density at radius 1 is 0.333 bits per heavy atom. The van der Waals surface area contributed by atoms with Crippen LogP contribution >= 0.6 is 177 Å². The minimum Gasteiger partial charge on any atom is -0.508 e. The summed E-state index contributed by atoms with van der Waals surface area (Å²) in [6.07, 6.45) is 0.658. The van der Waals surface area contributed by atoms with E-state index in [0.29, 0.717) is 140 Å². The van der Waals surface area contributed by atoms with Gasteiger partial charge >= 0.3 is 0 Å². The molecule has 0 bridgehead atoms. The molecular weight excluding hydrogens is 2520 g/mol. The van der Waals surface area contributed by atoms with Crippen LogP contribution in [0.2, 0.25) is 17.5 Å². The maximum absolute atomic E-state index is 14.0. The van der Waals surface area contributed by atoms with Crippen LogP contribution in [0.15, 0.2) is 72.8 Å². The van der Waals surface area contributed by atoms with Gasteiger partial charge in [0.05, 0.1) is 17.0 Å². The summed E-state index contributed by atoms with van der Waals surface area (Å²) in [5.74, 6) is -4.02. The molecule has 0 aliphatic carbocycles. The predicted molar refractivity (Wildman–Crippen MR) is 598 cm³/mol. The second-order valence-electron chi connectivity index (χ2n) is 34.7. The summed E-state index contributed by atoms with van der Waals surface area (Å²) in [5.41, 5.74) is -0.804. The summed E-state index contributed by atoms with van der Waals surface area (Å²) in [6.45, 7) is 17.4. The lowest BCUT2D eigenvalue weighted by Gasteiger charge is -2.31. The fourth-order valence-corrected chi connectivity index (χ4v) is 25.5. The van der Waals surface area contributed by atoms with Crippen LogP contribution in [0.25, 0.3) is 0 Å². The Hall–Kier alpha value is -2.17. The number of hydrogen-bond donors (Lipinski definition) is 11. The number of nitrogens with zero attached hydrogens (tertiary/aromatic N) is 10. The number of hydrogen-bond acceptors (Lipinski definition) is 27. The Balaban J connectivity index is 0.00000552. The van der Waals surface area contributed by atoms with E-state index in [1.165, 1.54) is 29.4 Å². The summed E-state index contributed by atoms with van der Waals surface area (Å²) in [5, 5.41) is 78.5. The molecule has 6 saturated heterocycles. The molecule has 12 amide bonds. The highest BCUT2D eigenvalue weighted by molar-refractivity contribution is 14.2. The zero-order valence-electron chi connectivity index (χ0n) is 76.8. The van der Waals surface area contributed by atoms with Crippen LogP contribution in [-0.2, 0) is 94.5 Å². The summed E-state index contributed by atoms with van der Waals surface area (Å²) in [6, 6.07) is 22.0. The largest absolute Gasteiger partial charge is 0.508 e. The smallest absolute Gasteiger partial charge is 0.252 e. The van der Waals surface area contributed by atoms with Gasteiger partial charge in [-0.15, -0.1) is 67.1 Å². The molecule has 4 aromatic rings. The number of nitrogens with one attached hydrogen (secondary N) is 5. The van der Waals surface area contributed by atoms with E-state index in [0.717, 1.165) is 36.5 Å². The second-order valence-corrected chi connectivity index (χ2v) is 59.2. The molecule has 6 aliphatic heterocycles. The first kappa shape index (κ1) is 118. The maximum Gasteiger partial charge on any atom is 0.252 e. The molecule has 11 N–H and O–H groups in total. The zero-order chi connectivity index (χ0) is 99.6. The molecule has 6 radical (unpaired) electrons. The lowest BCUT2D eigenvalue weighted by atomic mass is 9.77. The zero-order valence-corrected chi connectivity index (χ0v) is 95.9. The molecule has 12 atom stereocenters. The van der Waals surface area contributed by atoms with Crippen molar-refractivity contribution in [3.63, 3.8) is 0 Å². The van der Waals surface area contributed by atoms with Gasteiger partial charge in [0.1, 0.15) is 45.7 Å². The van der Waals surface area contributed by atoms with Crippen molar-refractivity contribution in [2.24, 2.45) is 0 Å². The van der Waals surface area contributed by atoms with E-state index in [1.807, 2.05) is 115 Å². The SMILES string of the molecule is CO.CO.[B]P(I)C1CC(=O)N(CCNCCN(CCNCCN2C(=O)CC(B(P)I)C2=O)Cc2cc(C(C)(C)c3ccc(O)c(CN(CCNCCN4C(=O)CC(P([B])I)C4=O)CCN(CCN4C(=O)CC(B(P)I)C4=O)Cc4cc(C(C)(C)c5ccc(O)c(CN(CCNCCN6C(=O)CC(B(P)I)C6=O)CCNCCN6C(=O)CC(P([B])I)C6=O)c5)ccc4O)c3)ccc2O)C1=O. The fourth-order valence-electron chi connectivity index (χ4n) is 16.9. The number of rotatable bonds is 54. The Labute approximate surface area is 886 Å². The van der Waals surface area contributed by atoms with Crippen molar-refractivity contribution in [2.75, 3.05) is 171 Å². The molecule has 6 aliphatic rings. The second kappa shape index (κ2) is 57.1. The van der Waals surface area contributed by atoms with E-state index in [-0.39, 0.29) is 222 Å². The predicted octanol–water partition coefficient (Wildman–Crippen LogP) is 6.14. The van der Waals surface area contributed by atoms with Gasteiger partial charge in [-0.3, -0.25) is 107 Å². The summed E-state index contributed by atoms with van der Waals surface area (Å²) >= 11 is 12.5. The molecule has 0 aromatic heterocycles. The van der Waals surface area contributed by atoms with Crippen molar-refractivity contribution in [1.29, 1.82) is 0 Å². The van der Waals surface area contributed by atoms with Gasteiger partial charge in [-0.25, -0.2) is 0 Å². The molecule has 6 heterocycles. The first-order valence-electron chi connectivity index (χ1n) is 44.5. The van der Waals surface area contributed by atoms with E-state index in [4.69, 9.17) is 32.9 Å². The van der Waals surface area contributed by atoms with Crippen molar-refractivity contribution in [3.05, 3.63) is 117 Å². The normalized spacial score (nSPS) is 19.7. The fraction of sp³-hybridized carbons (Fsp3) is 0.571. The molecule has 6 fully saturated rings. The number of carbonyl (C=O) groups is 12. The number of aliphatic hydroxyl groups is 2. The number of likely N-dealkylation sites (tertiary alicyclic amines) is 6. The number of phenols is 4. The molecule has 0 saturated carbocycles. The minimum absolute atomic E-state index is 0.00450. The monoisotopic (exact) mass is 2640 g/mol. The van der Waals surface area contributed by atoms with Crippen LogP contribution in [-0.4, -0.2) is 374 Å². The highest BCUT2D eigenvalue weighted by Gasteiger charge is 2.47. The third kappa shape index (κ3) is 32.9. The molecule has 730 valence electrons. The van der Waals surface area contributed by atoms with Crippen LogP contribution in [0.4, 0.5) is 0 Å². The van der Waals surface area contributed by atoms with Crippen molar-refractivity contribution in [2.45, 2.75) is 138 Å². The van der Waals surface area contributed by atoms with Crippen LogP contribution in [0.5, 0.6) is 23.0 Å². The molecule has 10 rings (SSSR count). The highest BCUT2D eigenvalue weighted by atomic mass is 127. The first-order valence-corrected chi connectivity index (χ1v) is 63.1. The van der Waals surface area contributed by atoms with Gasteiger partial charge < -0.3 is 57.2 Å². The standard InChI is InChI=1S/C82H113B6I6N15O16P6.2CH4O/c1-81(2,55-5-9-62(110)51(37-55)47-100(23-13-95-18-28-104-69(114)41-59(75(104)120)86(89)126)25-15-97-20-30-106-72(117)44-66(78(106)123)129(83)92)57-7-11-64(112)53(39-57)49-102(27-17-99-22-32-108-74(119)46-68(80(108)125)131(85)94)33-34-103(35-36-109-71(116)43-61(77(109)122)88(91)128)50-54-40-58(8-12-65(54)113)82(3,4)56-6-10-63(111)52(38-56)48-101(24-14-96-19-29-105-70(115)42-60(76(105)121)87(90)127)26-16-98-21-31-107-73(118)45-67(79(107)124)130(84)93;2*1-2/h5-12,37-40,59-61,66-68,95-99,110-113H,13-36,41-50,126-128H2,1-4H3;2*2H,1H3. The minimum atomic E-state index is -1.21. The average molecular weight is 2640 g/mol. The van der Waals surface area contributed by atoms with Crippen LogP contribution in [0.3, 0.4) is 0 Å². The molecule has 4 aromatic carbocycles. The van der Waals surface area contributed by atoms with Crippen molar-refractivity contribution < 1.29 is 88.2 Å². The van der Waals surface area contributed by atoms with Gasteiger partial charge in [0, 0.05) is 287 Å². The van der Waals surface area contributed by atoms with Crippen molar-refractivity contribution in [3.8, 4) is 23.0 Å². The lowest BCUT2D eigenvalue weighted by molar-refractivity contribution is -0.140. The number of phenolic OH excluding ortho intramolecular Hbond substituents is 4. The molecule has 135 heavy (non-hydrogen) atoms. The van der Waals surface area contributed by atoms with Crippen molar-refractivity contribution >= 4 is 283 Å². The molecule has 0 spiro atoms. The molecule has 51 heteroatoms. The highest BCUT2D eigenvalue weighted by Crippen LogP contribution is 2.52. The van der Waals surface area contributed by atoms with E-state index >= 15 is 0 Å². The average Bonchev–Trinajstić information content (AvgIpc) is 1.51. The topological polar surface area (TPSA) is 419 Å². The van der Waals surface area contributed by atoms with E-state index < -0.39 is 50.0 Å². The lowest BCUT2D eigenvalue weighted by Crippen LogP contribution is -2.43. The molecule has 33 nitrogen and oxygen atoms in total. The Morgan fingerprint density at radius 2 is 0.533 bits per heavy atom. The van der Waals surface area contributed by atoms with Gasteiger partial charge in [-0.2, -0.15) is 27.4 Å². The van der Waals surface area contributed by atoms with E-state index in [2.05, 4.69) is 168 Å². The third-order valence-corrected chi connectivity index (χ3v) is 38.3. The number of amides is 12. The van der Waals surface area contributed by atoms with Crippen LogP contribution in [0, 0.1) is 0 Å². The third-order valence-electron chi connectivity index (χ3n) is 25.3. The Morgan fingerprint density at radius 3 is 0.741 bits per heavy atom. The number of aliphatic hydroxyl groups excluding tert-OH is 2. The van der Waals surface area contributed by atoms with Gasteiger partial charge in [-0.1, -0.05) is 134 Å². The Bertz CT molecular complexity index is 4690. The van der Waals surface area contributed by atoms with E-state index in [9.17, 15) is 78.0 Å². The summed E-state index contributed by atoms with van der Waals surface area (Å²) in [4.78, 5) is 175. The summed E-state index contributed by atoms with van der Waals surface area (Å²) in [7, 11) is 28.2. The van der Waals surface area contributed by atoms with E-state index in [1.54, 1.807) is 24.3 Å². The van der Waals surface area contributed by atoms with Gasteiger partial charge in [0.15, 0.2) is 0 Å². The Kier molecular flexibility index (Phi) is 49.9. The number of carbonyl (C=O) groups excluding carboxylic acids is 12. The van der Waals surface area contributed by atoms with Crippen LogP contribution in [0.1, 0.15) is 111 Å². The molecule has 12 unspecified atom stereocenters. The first-order chi connectivity index (χ1) is 64.1. The molecular formula is C84H121B6I6N15O18P6. The summed E-state index contributed by atoms with van der Waals surface area (Å²) < 4.78 is -0.339. The van der Waals surface area contributed by atoms with Crippen molar-refractivity contribution in [1.82, 2.24) is 75.6 Å². The number of aromatic hydroxyl groups is 4. The maximum atomic E-state index is 14.0. The van der Waals surface area contributed by atoms with Gasteiger partial charge in [0.25, 0.3) is 12.9 Å². The number of imide groups is 6. The van der Waals surface area contributed by atoms with Gasteiger partial charge in [-0.05, 0) is 70.8 Å².